The number of sulfone groups is 1. The molecule has 0 radical (unpaired) electrons. The highest BCUT2D eigenvalue weighted by Gasteiger charge is 2.28. The molecule has 1 atom stereocenters. The summed E-state index contributed by atoms with van der Waals surface area (Å²) in [5.74, 6) is -1.57. The molecule has 0 aromatic carbocycles. The first-order chi connectivity index (χ1) is 9.82. The molecule has 7 nitrogen and oxygen atoms in total. The summed E-state index contributed by atoms with van der Waals surface area (Å²) in [6, 6.07) is 0.716. The number of aryl methyl sites for hydroxylation is 1. The molecule has 0 spiro atoms. The van der Waals surface area contributed by atoms with Crippen LogP contribution in [-0.4, -0.2) is 42.9 Å². The summed E-state index contributed by atoms with van der Waals surface area (Å²) in [4.78, 5) is 23.1. The largest absolute Gasteiger partial charge is 0.478 e. The highest BCUT2D eigenvalue weighted by atomic mass is 32.2. The molecule has 0 bridgehead atoms. The third kappa shape index (κ3) is 3.63. The molecule has 1 unspecified atom stereocenters. The van der Waals surface area contributed by atoms with E-state index >= 15 is 0 Å². The SMILES string of the molecule is CCc1oc(C(=O)NC2CCCS(=O)(=O)C2)cc1C(=O)O. The Hall–Kier alpha value is -1.83. The fourth-order valence-corrected chi connectivity index (χ4v) is 4.01. The molecule has 1 saturated heterocycles. The molecule has 1 aliphatic rings. The van der Waals surface area contributed by atoms with Gasteiger partial charge in [0.1, 0.15) is 11.3 Å². The van der Waals surface area contributed by atoms with Crippen LogP contribution in [0.25, 0.3) is 0 Å². The van der Waals surface area contributed by atoms with E-state index in [9.17, 15) is 18.0 Å². The Labute approximate surface area is 122 Å². The Morgan fingerprint density at radius 3 is 2.71 bits per heavy atom. The van der Waals surface area contributed by atoms with Gasteiger partial charge in [0.25, 0.3) is 5.91 Å². The van der Waals surface area contributed by atoms with Crippen molar-refractivity contribution in [1.82, 2.24) is 5.32 Å². The lowest BCUT2D eigenvalue weighted by atomic mass is 10.2. The summed E-state index contributed by atoms with van der Waals surface area (Å²) in [5.41, 5.74) is -0.0427. The van der Waals surface area contributed by atoms with Crippen LogP contribution in [0.4, 0.5) is 0 Å². The standard InChI is InChI=1S/C13H17NO6S/c1-2-10-9(13(16)17)6-11(20-10)12(15)14-8-4-3-5-21(18,19)7-8/h6,8H,2-5,7H2,1H3,(H,14,15)(H,16,17). The van der Waals surface area contributed by atoms with Gasteiger partial charge in [-0.1, -0.05) is 6.92 Å². The van der Waals surface area contributed by atoms with Gasteiger partial charge in [-0.15, -0.1) is 0 Å². The normalized spacial score (nSPS) is 20.9. The van der Waals surface area contributed by atoms with E-state index in [4.69, 9.17) is 9.52 Å². The number of hydrogen-bond donors (Lipinski definition) is 2. The Kier molecular flexibility index (Phi) is 4.36. The summed E-state index contributed by atoms with van der Waals surface area (Å²) in [5, 5.41) is 11.6. The van der Waals surface area contributed by atoms with Gasteiger partial charge >= 0.3 is 5.97 Å². The fraction of sp³-hybridized carbons (Fsp3) is 0.538. The van der Waals surface area contributed by atoms with Gasteiger partial charge in [-0.05, 0) is 12.8 Å². The highest BCUT2D eigenvalue weighted by molar-refractivity contribution is 7.91. The predicted octanol–water partition coefficient (Wildman–Crippen LogP) is 0.847. The quantitative estimate of drug-likeness (QED) is 0.851. The van der Waals surface area contributed by atoms with E-state index in [1.807, 2.05) is 0 Å². The summed E-state index contributed by atoms with van der Waals surface area (Å²) in [6.45, 7) is 1.72. The van der Waals surface area contributed by atoms with Gasteiger partial charge in [-0.25, -0.2) is 13.2 Å². The Balaban J connectivity index is 2.12. The second-order valence-corrected chi connectivity index (χ2v) is 7.26. The van der Waals surface area contributed by atoms with Crippen LogP contribution in [0.1, 0.15) is 46.4 Å². The molecule has 1 aliphatic heterocycles. The fourth-order valence-electron chi connectivity index (χ4n) is 2.38. The molecule has 2 heterocycles. The zero-order valence-corrected chi connectivity index (χ0v) is 12.4. The van der Waals surface area contributed by atoms with Crippen molar-refractivity contribution in [1.29, 1.82) is 0 Å². The van der Waals surface area contributed by atoms with Gasteiger partial charge in [0.05, 0.1) is 11.5 Å². The van der Waals surface area contributed by atoms with Gasteiger partial charge < -0.3 is 14.8 Å². The molecular weight excluding hydrogens is 298 g/mol. The van der Waals surface area contributed by atoms with Crippen molar-refractivity contribution in [2.24, 2.45) is 0 Å². The van der Waals surface area contributed by atoms with E-state index in [0.29, 0.717) is 19.3 Å². The van der Waals surface area contributed by atoms with E-state index in [-0.39, 0.29) is 28.6 Å². The molecule has 0 aliphatic carbocycles. The lowest BCUT2D eigenvalue weighted by Crippen LogP contribution is -2.43. The van der Waals surface area contributed by atoms with Crippen LogP contribution in [-0.2, 0) is 16.3 Å². The third-order valence-corrected chi connectivity index (χ3v) is 5.20. The van der Waals surface area contributed by atoms with E-state index in [0.717, 1.165) is 0 Å². The smallest absolute Gasteiger partial charge is 0.339 e. The number of hydrogen-bond acceptors (Lipinski definition) is 5. The first-order valence-corrected chi connectivity index (χ1v) is 8.52. The first kappa shape index (κ1) is 15.6. The van der Waals surface area contributed by atoms with Crippen molar-refractivity contribution in [3.63, 3.8) is 0 Å². The lowest BCUT2D eigenvalue weighted by molar-refractivity contribution is 0.0694. The van der Waals surface area contributed by atoms with Crippen LogP contribution in [0, 0.1) is 0 Å². The monoisotopic (exact) mass is 315 g/mol. The van der Waals surface area contributed by atoms with Crippen LogP contribution in [0.5, 0.6) is 0 Å². The number of furan rings is 1. The molecule has 2 rings (SSSR count). The number of rotatable bonds is 4. The maximum atomic E-state index is 12.0. The van der Waals surface area contributed by atoms with Gasteiger partial charge in [0.15, 0.2) is 15.6 Å². The van der Waals surface area contributed by atoms with Crippen LogP contribution in [0.3, 0.4) is 0 Å². The Morgan fingerprint density at radius 1 is 1.48 bits per heavy atom. The van der Waals surface area contributed by atoms with E-state index < -0.39 is 27.8 Å². The molecule has 116 valence electrons. The molecule has 0 saturated carbocycles. The number of aromatic carboxylic acids is 1. The number of carboxylic acids is 1. The topological polar surface area (TPSA) is 114 Å². The van der Waals surface area contributed by atoms with E-state index in [1.165, 1.54) is 6.07 Å². The minimum Gasteiger partial charge on any atom is -0.478 e. The van der Waals surface area contributed by atoms with Crippen LogP contribution in [0.2, 0.25) is 0 Å². The lowest BCUT2D eigenvalue weighted by Gasteiger charge is -2.22. The molecule has 1 aromatic rings. The number of carbonyl (C=O) groups is 2. The third-order valence-electron chi connectivity index (χ3n) is 3.38. The van der Waals surface area contributed by atoms with Gasteiger partial charge in [0, 0.05) is 18.5 Å². The Morgan fingerprint density at radius 2 is 2.19 bits per heavy atom. The van der Waals surface area contributed by atoms with Crippen LogP contribution < -0.4 is 5.32 Å². The first-order valence-electron chi connectivity index (χ1n) is 6.69. The predicted molar refractivity (Wildman–Crippen MR) is 74.2 cm³/mol. The highest BCUT2D eigenvalue weighted by Crippen LogP contribution is 2.18. The number of carboxylic acid groups (broad SMARTS) is 1. The van der Waals surface area contributed by atoms with Crippen molar-refractivity contribution in [2.45, 2.75) is 32.2 Å². The van der Waals surface area contributed by atoms with Gasteiger partial charge in [0.2, 0.25) is 0 Å². The number of carbonyl (C=O) groups excluding carboxylic acids is 1. The van der Waals surface area contributed by atoms with Gasteiger partial charge in [-0.2, -0.15) is 0 Å². The molecule has 2 N–H and O–H groups in total. The summed E-state index contributed by atoms with van der Waals surface area (Å²) in [7, 11) is -3.12. The maximum absolute atomic E-state index is 12.0. The van der Waals surface area contributed by atoms with Crippen molar-refractivity contribution >= 4 is 21.7 Å². The summed E-state index contributed by atoms with van der Waals surface area (Å²) >= 11 is 0. The van der Waals surface area contributed by atoms with Crippen LogP contribution in [0.15, 0.2) is 10.5 Å². The minimum atomic E-state index is -3.12. The molecule has 1 amide bonds. The van der Waals surface area contributed by atoms with E-state index in [2.05, 4.69) is 5.32 Å². The van der Waals surface area contributed by atoms with Crippen molar-refractivity contribution in [2.75, 3.05) is 11.5 Å². The van der Waals surface area contributed by atoms with Crippen molar-refractivity contribution < 1.29 is 27.5 Å². The van der Waals surface area contributed by atoms with Crippen molar-refractivity contribution in [3.05, 3.63) is 23.2 Å². The maximum Gasteiger partial charge on any atom is 0.339 e. The second kappa shape index (κ2) is 5.88. The Bertz CT molecular complexity index is 660. The molecule has 1 fully saturated rings. The molecule has 8 heteroatoms. The molecular formula is C13H17NO6S. The van der Waals surface area contributed by atoms with Crippen LogP contribution >= 0.6 is 0 Å². The zero-order valence-electron chi connectivity index (χ0n) is 11.6. The average Bonchev–Trinajstić information content (AvgIpc) is 2.81. The zero-order chi connectivity index (χ0) is 15.6. The van der Waals surface area contributed by atoms with Gasteiger partial charge in [-0.3, -0.25) is 4.79 Å². The number of nitrogens with one attached hydrogen (secondary N) is 1. The molecule has 1 aromatic heterocycles. The summed E-state index contributed by atoms with van der Waals surface area (Å²) < 4.78 is 28.3. The molecule has 21 heavy (non-hydrogen) atoms. The van der Waals surface area contributed by atoms with Crippen molar-refractivity contribution in [3.8, 4) is 0 Å². The summed E-state index contributed by atoms with van der Waals surface area (Å²) in [6.07, 6.45) is 1.44. The number of amides is 1. The van der Waals surface area contributed by atoms with E-state index in [1.54, 1.807) is 6.92 Å². The second-order valence-electron chi connectivity index (χ2n) is 5.03. The average molecular weight is 315 g/mol. The minimum absolute atomic E-state index is 0.0427.